The Hall–Kier alpha value is -0.550. The predicted octanol–water partition coefficient (Wildman–Crippen LogP) is 3.11. The summed E-state index contributed by atoms with van der Waals surface area (Å²) in [5.74, 6) is 1.57. The van der Waals surface area contributed by atoms with Gasteiger partial charge in [0.1, 0.15) is 0 Å². The van der Waals surface area contributed by atoms with E-state index in [9.17, 15) is 0 Å². The molecule has 0 saturated carbocycles. The summed E-state index contributed by atoms with van der Waals surface area (Å²) in [6.07, 6.45) is 3.05. The minimum absolute atomic E-state index is 0.189. The summed E-state index contributed by atoms with van der Waals surface area (Å²) < 4.78 is 0. The fraction of sp³-hybridized carbons (Fsp3) is 0.667. The van der Waals surface area contributed by atoms with Crippen LogP contribution in [0.25, 0.3) is 0 Å². The molecule has 2 rings (SSSR count). The van der Waals surface area contributed by atoms with Gasteiger partial charge >= 0.3 is 0 Å². The molecule has 1 unspecified atom stereocenters. The van der Waals surface area contributed by atoms with Crippen molar-refractivity contribution >= 4 is 28.3 Å². The summed E-state index contributed by atoms with van der Waals surface area (Å²) in [4.78, 5) is 9.00. The lowest BCUT2D eigenvalue weighted by Gasteiger charge is -2.32. The second-order valence-corrected chi connectivity index (χ2v) is 7.03. The molecular weight excluding hydrogens is 250 g/mol. The van der Waals surface area contributed by atoms with Gasteiger partial charge in [-0.1, -0.05) is 18.7 Å². The van der Waals surface area contributed by atoms with Gasteiger partial charge in [-0.05, 0) is 20.3 Å². The number of hydrogen-bond donors (Lipinski definition) is 1. The Labute approximate surface area is 111 Å². The van der Waals surface area contributed by atoms with E-state index in [0.29, 0.717) is 5.92 Å². The molecule has 1 aliphatic rings. The van der Waals surface area contributed by atoms with E-state index in [4.69, 9.17) is 0 Å². The lowest BCUT2D eigenvalue weighted by Crippen LogP contribution is -2.46. The van der Waals surface area contributed by atoms with Crippen molar-refractivity contribution in [3.05, 3.63) is 16.6 Å². The van der Waals surface area contributed by atoms with E-state index in [1.54, 1.807) is 11.3 Å². The highest BCUT2D eigenvalue weighted by molar-refractivity contribution is 8.13. The molecule has 3 nitrogen and oxygen atoms in total. The molecule has 1 atom stereocenters. The van der Waals surface area contributed by atoms with Crippen molar-refractivity contribution in [2.75, 3.05) is 12.3 Å². The first-order valence-corrected chi connectivity index (χ1v) is 7.78. The Kier molecular flexibility index (Phi) is 4.09. The summed E-state index contributed by atoms with van der Waals surface area (Å²) in [7, 11) is 0. The van der Waals surface area contributed by atoms with Gasteiger partial charge in [0.2, 0.25) is 0 Å². The van der Waals surface area contributed by atoms with E-state index in [1.807, 2.05) is 23.3 Å². The topological polar surface area (TPSA) is 37.3 Å². The van der Waals surface area contributed by atoms with Gasteiger partial charge < -0.3 is 5.32 Å². The zero-order valence-corrected chi connectivity index (χ0v) is 12.2. The smallest absolute Gasteiger partial charge is 0.156 e. The average Bonchev–Trinajstić information content (AvgIpc) is 2.78. The molecule has 0 spiro atoms. The summed E-state index contributed by atoms with van der Waals surface area (Å²) in [5.41, 5.74) is 0.189. The Morgan fingerprint density at radius 2 is 2.41 bits per heavy atom. The maximum Gasteiger partial charge on any atom is 0.156 e. The van der Waals surface area contributed by atoms with Crippen LogP contribution in [-0.4, -0.2) is 28.0 Å². The lowest BCUT2D eigenvalue weighted by atomic mass is 10.0. The number of rotatable bonds is 3. The molecule has 1 saturated heterocycles. The third-order valence-corrected chi connectivity index (χ3v) is 4.71. The molecule has 5 heteroatoms. The van der Waals surface area contributed by atoms with Crippen LogP contribution in [0.2, 0.25) is 0 Å². The van der Waals surface area contributed by atoms with Gasteiger partial charge in [0, 0.05) is 28.8 Å². The molecule has 1 aliphatic heterocycles. The van der Waals surface area contributed by atoms with Crippen molar-refractivity contribution in [1.82, 2.24) is 10.3 Å². The highest BCUT2D eigenvalue weighted by atomic mass is 32.2. The minimum Gasteiger partial charge on any atom is -0.360 e. The fourth-order valence-corrected chi connectivity index (χ4v) is 3.66. The van der Waals surface area contributed by atoms with Gasteiger partial charge in [-0.15, -0.1) is 11.3 Å². The number of nitrogens with one attached hydrogen (secondary N) is 1. The van der Waals surface area contributed by atoms with Gasteiger partial charge in [-0.2, -0.15) is 0 Å². The molecule has 0 radical (unpaired) electrons. The molecule has 17 heavy (non-hydrogen) atoms. The second-order valence-electron chi connectivity index (χ2n) is 5.02. The number of amidine groups is 1. The zero-order chi connectivity index (χ0) is 12.3. The van der Waals surface area contributed by atoms with Gasteiger partial charge in [-0.3, -0.25) is 4.99 Å². The average molecular weight is 269 g/mol. The molecule has 0 aromatic carbocycles. The maximum absolute atomic E-state index is 4.67. The maximum atomic E-state index is 4.67. The quantitative estimate of drug-likeness (QED) is 0.916. The van der Waals surface area contributed by atoms with Crippen LogP contribution in [0, 0.1) is 0 Å². The molecule has 1 aromatic rings. The molecule has 0 amide bonds. The monoisotopic (exact) mass is 269 g/mol. The Balaban J connectivity index is 1.92. The lowest BCUT2D eigenvalue weighted by molar-refractivity contribution is 0.446. The summed E-state index contributed by atoms with van der Waals surface area (Å²) in [5, 5.41) is 7.78. The van der Waals surface area contributed by atoms with Crippen LogP contribution < -0.4 is 5.32 Å². The first-order chi connectivity index (χ1) is 8.07. The van der Waals surface area contributed by atoms with Gasteiger partial charge in [-0.25, -0.2) is 4.98 Å². The van der Waals surface area contributed by atoms with Crippen LogP contribution in [-0.2, 0) is 0 Å². The molecule has 0 aliphatic carbocycles. The van der Waals surface area contributed by atoms with Gasteiger partial charge in [0.25, 0.3) is 0 Å². The van der Waals surface area contributed by atoms with Crippen molar-refractivity contribution in [3.63, 3.8) is 0 Å². The van der Waals surface area contributed by atoms with Crippen molar-refractivity contribution in [2.45, 2.75) is 38.6 Å². The molecule has 1 N–H and O–H groups in total. The number of nitrogens with zero attached hydrogens (tertiary/aromatic N) is 2. The molecule has 94 valence electrons. The van der Waals surface area contributed by atoms with Crippen molar-refractivity contribution in [2.24, 2.45) is 4.99 Å². The number of hydrogen-bond acceptors (Lipinski definition) is 4. The van der Waals surface area contributed by atoms with E-state index in [0.717, 1.165) is 17.5 Å². The van der Waals surface area contributed by atoms with E-state index < -0.39 is 0 Å². The van der Waals surface area contributed by atoms with Crippen LogP contribution in [0.3, 0.4) is 0 Å². The van der Waals surface area contributed by atoms with E-state index >= 15 is 0 Å². The van der Waals surface area contributed by atoms with Gasteiger partial charge in [0.15, 0.2) is 5.17 Å². The minimum atomic E-state index is 0.189. The van der Waals surface area contributed by atoms with Crippen LogP contribution in [0.1, 0.15) is 38.1 Å². The standard InChI is InChI=1S/C12H19N3S2/c1-9(10-13-5-7-16-10)8-14-11-15-12(2,3)4-6-17-11/h5,7,9H,4,6,8H2,1-3H3,(H,14,15). The van der Waals surface area contributed by atoms with Crippen LogP contribution >= 0.6 is 23.1 Å². The SMILES string of the molecule is CC(CN=C1NC(C)(C)CCS1)c1nccs1. The molecule has 1 aromatic heterocycles. The summed E-state index contributed by atoms with van der Waals surface area (Å²) >= 11 is 3.54. The first kappa shape index (κ1) is 12.9. The van der Waals surface area contributed by atoms with Crippen LogP contribution in [0.15, 0.2) is 16.6 Å². The fourth-order valence-electron chi connectivity index (χ4n) is 1.65. The highest BCUT2D eigenvalue weighted by Gasteiger charge is 2.24. The van der Waals surface area contributed by atoms with Gasteiger partial charge in [0.05, 0.1) is 11.6 Å². The van der Waals surface area contributed by atoms with Crippen molar-refractivity contribution in [1.29, 1.82) is 0 Å². The zero-order valence-electron chi connectivity index (χ0n) is 10.6. The molecule has 1 fully saturated rings. The molecule has 2 heterocycles. The molecule has 0 bridgehead atoms. The van der Waals surface area contributed by atoms with E-state index in [2.05, 4.69) is 36.1 Å². The predicted molar refractivity (Wildman–Crippen MR) is 77.1 cm³/mol. The number of aromatic nitrogens is 1. The van der Waals surface area contributed by atoms with Crippen molar-refractivity contribution in [3.8, 4) is 0 Å². The Morgan fingerprint density at radius 1 is 1.59 bits per heavy atom. The summed E-state index contributed by atoms with van der Waals surface area (Å²) in [6.45, 7) is 7.46. The van der Waals surface area contributed by atoms with E-state index in [-0.39, 0.29) is 5.54 Å². The Bertz CT molecular complexity index is 384. The first-order valence-electron chi connectivity index (χ1n) is 5.92. The number of aliphatic imine (C=N–C) groups is 1. The van der Waals surface area contributed by atoms with Crippen LogP contribution in [0.4, 0.5) is 0 Å². The third-order valence-electron chi connectivity index (χ3n) is 2.79. The second kappa shape index (κ2) is 5.40. The van der Waals surface area contributed by atoms with E-state index in [1.165, 1.54) is 11.4 Å². The Morgan fingerprint density at radius 3 is 3.06 bits per heavy atom. The molecular formula is C12H19N3S2. The number of thiazole rings is 1. The normalized spacial score (nSPS) is 23.4. The summed E-state index contributed by atoms with van der Waals surface area (Å²) in [6, 6.07) is 0. The largest absolute Gasteiger partial charge is 0.360 e. The van der Waals surface area contributed by atoms with Crippen LogP contribution in [0.5, 0.6) is 0 Å². The number of thioether (sulfide) groups is 1. The third kappa shape index (κ3) is 3.71. The van der Waals surface area contributed by atoms with Crippen molar-refractivity contribution < 1.29 is 0 Å². The highest BCUT2D eigenvalue weighted by Crippen LogP contribution is 2.23.